The van der Waals surface area contributed by atoms with Gasteiger partial charge in [0, 0.05) is 36.4 Å². The number of nitrogens with zero attached hydrogens (tertiary/aromatic N) is 2. The van der Waals surface area contributed by atoms with E-state index in [9.17, 15) is 36.7 Å². The van der Waals surface area contributed by atoms with Gasteiger partial charge < -0.3 is 30.2 Å². The number of amides is 3. The van der Waals surface area contributed by atoms with Gasteiger partial charge in [-0.25, -0.2) is 14.2 Å². The van der Waals surface area contributed by atoms with E-state index < -0.39 is 64.8 Å². The highest BCUT2D eigenvalue weighted by Gasteiger charge is 2.47. The fourth-order valence-electron chi connectivity index (χ4n) is 7.00. The maximum Gasteiger partial charge on any atom is 0.418 e. The predicted octanol–water partition coefficient (Wildman–Crippen LogP) is 5.80. The maximum atomic E-state index is 14.7. The van der Waals surface area contributed by atoms with Gasteiger partial charge >= 0.3 is 12.1 Å². The fourth-order valence-corrected chi connectivity index (χ4v) is 7.00. The summed E-state index contributed by atoms with van der Waals surface area (Å²) >= 11 is 0. The average molecular weight is 769 g/mol. The molecule has 1 aliphatic rings. The van der Waals surface area contributed by atoms with E-state index >= 15 is 0 Å². The van der Waals surface area contributed by atoms with E-state index in [1.807, 2.05) is 18.4 Å². The molecule has 0 radical (unpaired) electrons. The van der Waals surface area contributed by atoms with Crippen LogP contribution >= 0.6 is 0 Å². The largest absolute Gasteiger partial charge is 0.464 e. The number of benzene rings is 2. The lowest BCUT2D eigenvalue weighted by molar-refractivity contribution is -0.150. The first-order valence-electron chi connectivity index (χ1n) is 18.6. The first-order valence-corrected chi connectivity index (χ1v) is 18.6. The number of halogens is 4. The van der Waals surface area contributed by atoms with Gasteiger partial charge in [-0.1, -0.05) is 70.9 Å². The van der Waals surface area contributed by atoms with Crippen LogP contribution in [0.1, 0.15) is 75.8 Å². The summed E-state index contributed by atoms with van der Waals surface area (Å²) in [6.45, 7) is 7.84. The quantitative estimate of drug-likeness (QED) is 0.0644. The Morgan fingerprint density at radius 1 is 1.00 bits per heavy atom. The number of aromatic amines is 1. The first kappa shape index (κ1) is 41.0. The molecule has 3 amide bonds. The molecule has 5 atom stereocenters. The number of aryl methyl sites for hydroxylation is 2. The molecule has 0 bridgehead atoms. The zero-order chi connectivity index (χ0) is 39.9. The number of para-hydroxylation sites is 1. The summed E-state index contributed by atoms with van der Waals surface area (Å²) in [7, 11) is 0. The summed E-state index contributed by atoms with van der Waals surface area (Å²) < 4.78 is 64.0. The normalized spacial score (nSPS) is 17.7. The average Bonchev–Trinajstić information content (AvgIpc) is 3.82. The number of ether oxygens (including phenoxy) is 1. The lowest BCUT2D eigenvalue weighted by Gasteiger charge is -2.39. The Labute approximate surface area is 317 Å². The van der Waals surface area contributed by atoms with Crippen molar-refractivity contribution in [1.82, 2.24) is 30.5 Å². The minimum Gasteiger partial charge on any atom is -0.464 e. The molecule has 2 heterocycles. The molecule has 0 saturated carbocycles. The van der Waals surface area contributed by atoms with Crippen molar-refractivity contribution in [3.8, 4) is 0 Å². The Morgan fingerprint density at radius 3 is 2.40 bits per heavy atom. The first-order chi connectivity index (χ1) is 26.2. The van der Waals surface area contributed by atoms with Crippen molar-refractivity contribution in [1.29, 1.82) is 0 Å². The molecular weight excluding hydrogens is 720 g/mol. The van der Waals surface area contributed by atoms with Crippen LogP contribution in [0.25, 0.3) is 10.9 Å². The Morgan fingerprint density at radius 2 is 1.73 bits per heavy atom. The third kappa shape index (κ3) is 9.54. The molecule has 15 heteroatoms. The van der Waals surface area contributed by atoms with E-state index in [4.69, 9.17) is 4.74 Å². The number of imidazole rings is 1. The van der Waals surface area contributed by atoms with Crippen molar-refractivity contribution >= 4 is 34.6 Å². The van der Waals surface area contributed by atoms with Crippen molar-refractivity contribution in [2.45, 2.75) is 103 Å². The standard InChI is InChI=1S/C40H48F4N6O5/c1-5-24(3)33(47-32(51)21-26-11-7-8-14-30(26)41)36(52)49-39(16-15-31-28(22-39)27-12-9-13-29(35(27)46-31)40(42,43)44)38(54)48-34(25(4)6-2)37(53)55-20-10-18-50-19-17-45-23-50/h7-9,11-14,17,19,23-25,33-34,46H,5-6,10,15-16,18,20-22H2,1-4H3,(H,47,51)(H,48,54)(H,49,52)/t24?,25?,33?,34?,39-/m1/s1. The molecule has 0 saturated heterocycles. The van der Waals surface area contributed by atoms with Crippen LogP contribution in [0, 0.1) is 17.7 Å². The van der Waals surface area contributed by atoms with Gasteiger partial charge in [-0.3, -0.25) is 14.4 Å². The number of carbonyl (C=O) groups excluding carboxylic acids is 4. The highest BCUT2D eigenvalue weighted by atomic mass is 19.4. The molecule has 55 heavy (non-hydrogen) atoms. The van der Waals surface area contributed by atoms with E-state index in [2.05, 4.69) is 25.9 Å². The second-order valence-electron chi connectivity index (χ2n) is 14.4. The second kappa shape index (κ2) is 17.5. The summed E-state index contributed by atoms with van der Waals surface area (Å²) in [4.78, 5) is 62.6. The molecule has 0 aliphatic heterocycles. The van der Waals surface area contributed by atoms with Crippen LogP contribution in [0.2, 0.25) is 0 Å². The SMILES string of the molecule is CCC(C)C(NC(=O)Cc1ccccc1F)C(=O)N[C@]1(C(=O)NC(C(=O)OCCCn2ccnc2)C(C)CC)CCc2[nH]c3c(C(F)(F)F)cccc3c2C1. The molecule has 296 valence electrons. The Hall–Kier alpha value is -5.21. The van der Waals surface area contributed by atoms with Crippen LogP contribution in [0.4, 0.5) is 17.6 Å². The van der Waals surface area contributed by atoms with Crippen molar-refractivity contribution in [2.75, 3.05) is 6.61 Å². The Balaban J connectivity index is 1.45. The van der Waals surface area contributed by atoms with Crippen molar-refractivity contribution in [2.24, 2.45) is 11.8 Å². The number of nitrogens with one attached hydrogen (secondary N) is 4. The van der Waals surface area contributed by atoms with Gasteiger partial charge in [-0.15, -0.1) is 0 Å². The maximum absolute atomic E-state index is 14.7. The van der Waals surface area contributed by atoms with Gasteiger partial charge in [0.25, 0.3) is 0 Å². The van der Waals surface area contributed by atoms with Crippen molar-refractivity contribution in [3.05, 3.63) is 89.4 Å². The van der Waals surface area contributed by atoms with E-state index in [0.29, 0.717) is 37.1 Å². The number of fused-ring (bicyclic) bond motifs is 3. The molecule has 0 fully saturated rings. The van der Waals surface area contributed by atoms with Crippen LogP contribution in [-0.4, -0.2) is 62.5 Å². The fraction of sp³-hybridized carbons (Fsp3) is 0.475. The minimum atomic E-state index is -4.65. The second-order valence-corrected chi connectivity index (χ2v) is 14.4. The number of hydrogen-bond donors (Lipinski definition) is 4. The third-order valence-electron chi connectivity index (χ3n) is 10.7. The number of hydrogen-bond acceptors (Lipinski definition) is 6. The van der Waals surface area contributed by atoms with E-state index in [1.165, 1.54) is 30.3 Å². The molecule has 0 spiro atoms. The molecule has 4 unspecified atom stereocenters. The molecule has 2 aromatic heterocycles. The smallest absolute Gasteiger partial charge is 0.418 e. The van der Waals surface area contributed by atoms with Crippen molar-refractivity contribution < 1.29 is 41.5 Å². The van der Waals surface area contributed by atoms with Gasteiger partial charge in [0.15, 0.2) is 0 Å². The monoisotopic (exact) mass is 768 g/mol. The van der Waals surface area contributed by atoms with Crippen LogP contribution in [0.15, 0.2) is 61.2 Å². The summed E-state index contributed by atoms with van der Waals surface area (Å²) in [5.74, 6) is -4.08. The Bertz CT molecular complexity index is 1980. The predicted molar refractivity (Wildman–Crippen MR) is 197 cm³/mol. The minimum absolute atomic E-state index is 0.0324. The number of H-pyrrole nitrogens is 1. The van der Waals surface area contributed by atoms with Gasteiger partial charge in [-0.2, -0.15) is 13.2 Å². The van der Waals surface area contributed by atoms with E-state index in [1.54, 1.807) is 38.6 Å². The number of rotatable bonds is 16. The molecule has 5 rings (SSSR count). The number of carbonyl (C=O) groups is 4. The Kier molecular flexibility index (Phi) is 13.0. The zero-order valence-corrected chi connectivity index (χ0v) is 31.4. The van der Waals surface area contributed by atoms with Crippen LogP contribution < -0.4 is 16.0 Å². The number of esters is 1. The summed E-state index contributed by atoms with van der Waals surface area (Å²) in [5, 5.41) is 8.72. The van der Waals surface area contributed by atoms with Gasteiger partial charge in [0.2, 0.25) is 17.7 Å². The van der Waals surface area contributed by atoms with Crippen LogP contribution in [0.3, 0.4) is 0 Å². The van der Waals surface area contributed by atoms with E-state index in [-0.39, 0.29) is 54.7 Å². The molecular formula is C40H48F4N6O5. The molecule has 1 aliphatic carbocycles. The van der Waals surface area contributed by atoms with Gasteiger partial charge in [0.05, 0.1) is 30.4 Å². The molecule has 2 aromatic carbocycles. The van der Waals surface area contributed by atoms with Crippen LogP contribution in [-0.2, 0) is 55.9 Å². The molecule has 4 aromatic rings. The number of aromatic nitrogens is 3. The van der Waals surface area contributed by atoms with Crippen molar-refractivity contribution in [3.63, 3.8) is 0 Å². The van der Waals surface area contributed by atoms with Gasteiger partial charge in [0.1, 0.15) is 23.4 Å². The lowest BCUT2D eigenvalue weighted by Crippen LogP contribution is -2.67. The molecule has 4 N–H and O–H groups in total. The third-order valence-corrected chi connectivity index (χ3v) is 10.7. The highest BCUT2D eigenvalue weighted by molar-refractivity contribution is 5.98. The summed E-state index contributed by atoms with van der Waals surface area (Å²) in [6.07, 6.45) is 1.37. The highest BCUT2D eigenvalue weighted by Crippen LogP contribution is 2.40. The lowest BCUT2D eigenvalue weighted by atomic mass is 9.78. The zero-order valence-electron chi connectivity index (χ0n) is 31.4. The van der Waals surface area contributed by atoms with Gasteiger partial charge in [-0.05, 0) is 54.4 Å². The topological polar surface area (TPSA) is 147 Å². The summed E-state index contributed by atoms with van der Waals surface area (Å²) in [6, 6.07) is 7.33. The summed E-state index contributed by atoms with van der Waals surface area (Å²) in [5.41, 5.74) is -1.67. The number of alkyl halides is 3. The molecule has 11 nitrogen and oxygen atoms in total. The van der Waals surface area contributed by atoms with Crippen LogP contribution in [0.5, 0.6) is 0 Å². The van der Waals surface area contributed by atoms with E-state index in [0.717, 1.165) is 6.07 Å².